The van der Waals surface area contributed by atoms with Crippen LogP contribution in [0.15, 0.2) is 66.9 Å². The van der Waals surface area contributed by atoms with Gasteiger partial charge in [0, 0.05) is 12.3 Å². The Labute approximate surface area is 169 Å². The van der Waals surface area contributed by atoms with Gasteiger partial charge in [-0.3, -0.25) is 9.36 Å². The van der Waals surface area contributed by atoms with Gasteiger partial charge in [-0.2, -0.15) is 0 Å². The number of aldehydes is 1. The van der Waals surface area contributed by atoms with Gasteiger partial charge in [0.05, 0.1) is 24.5 Å². The van der Waals surface area contributed by atoms with Gasteiger partial charge in [-0.25, -0.2) is 4.98 Å². The highest BCUT2D eigenvalue weighted by molar-refractivity contribution is 5.93. The van der Waals surface area contributed by atoms with E-state index in [2.05, 4.69) is 10.3 Å². The number of nitrogens with zero attached hydrogens (tertiary/aromatic N) is 2. The van der Waals surface area contributed by atoms with Crippen LogP contribution in [0.5, 0.6) is 6.01 Å². The summed E-state index contributed by atoms with van der Waals surface area (Å²) in [4.78, 5) is 27.9. The van der Waals surface area contributed by atoms with Crippen molar-refractivity contribution in [2.45, 2.75) is 19.4 Å². The molecule has 0 aliphatic carbocycles. The summed E-state index contributed by atoms with van der Waals surface area (Å²) in [5.41, 5.74) is 3.56. The lowest BCUT2D eigenvalue weighted by Crippen LogP contribution is -2.36. The molecule has 0 aliphatic rings. The SMILES string of the molecule is COc1nc(C)cn1-c1cccc(/C=C/C(=O)N[C@@H](C=O)Cc2ccccc2)c1. The van der Waals surface area contributed by atoms with E-state index in [1.54, 1.807) is 13.2 Å². The average Bonchev–Trinajstić information content (AvgIpc) is 3.13. The summed E-state index contributed by atoms with van der Waals surface area (Å²) in [6.07, 6.45) is 6.23. The Morgan fingerprint density at radius 2 is 2.00 bits per heavy atom. The molecule has 3 rings (SSSR count). The fraction of sp³-hybridized carbons (Fsp3) is 0.174. The number of carbonyl (C=O) groups is 2. The van der Waals surface area contributed by atoms with Crippen molar-refractivity contribution in [3.63, 3.8) is 0 Å². The maximum absolute atomic E-state index is 12.2. The van der Waals surface area contributed by atoms with Gasteiger partial charge < -0.3 is 14.8 Å². The second kappa shape index (κ2) is 9.50. The zero-order valence-electron chi connectivity index (χ0n) is 16.4. The molecule has 0 saturated carbocycles. The highest BCUT2D eigenvalue weighted by atomic mass is 16.5. The fourth-order valence-electron chi connectivity index (χ4n) is 2.99. The van der Waals surface area contributed by atoms with Crippen LogP contribution in [0.3, 0.4) is 0 Å². The van der Waals surface area contributed by atoms with E-state index >= 15 is 0 Å². The smallest absolute Gasteiger partial charge is 0.300 e. The number of methoxy groups -OCH3 is 1. The molecule has 1 atom stereocenters. The van der Waals surface area contributed by atoms with E-state index in [9.17, 15) is 9.59 Å². The van der Waals surface area contributed by atoms with E-state index in [0.717, 1.165) is 28.8 Å². The molecule has 0 radical (unpaired) electrons. The van der Waals surface area contributed by atoms with E-state index < -0.39 is 6.04 Å². The molecule has 1 N–H and O–H groups in total. The maximum Gasteiger partial charge on any atom is 0.300 e. The Morgan fingerprint density at radius 1 is 1.21 bits per heavy atom. The summed E-state index contributed by atoms with van der Waals surface area (Å²) in [6, 6.07) is 17.1. The summed E-state index contributed by atoms with van der Waals surface area (Å²) >= 11 is 0. The molecule has 2 aromatic carbocycles. The topological polar surface area (TPSA) is 73.2 Å². The number of imidazole rings is 1. The maximum atomic E-state index is 12.2. The van der Waals surface area contributed by atoms with Crippen molar-refractivity contribution in [3.05, 3.63) is 83.7 Å². The lowest BCUT2D eigenvalue weighted by atomic mass is 10.1. The summed E-state index contributed by atoms with van der Waals surface area (Å²) in [6.45, 7) is 1.89. The lowest BCUT2D eigenvalue weighted by molar-refractivity contribution is -0.120. The van der Waals surface area contributed by atoms with Crippen LogP contribution in [0.1, 0.15) is 16.8 Å². The van der Waals surface area contributed by atoms with Crippen LogP contribution in [-0.4, -0.2) is 34.9 Å². The van der Waals surface area contributed by atoms with Crippen molar-refractivity contribution in [2.75, 3.05) is 7.11 Å². The summed E-state index contributed by atoms with van der Waals surface area (Å²) in [7, 11) is 1.57. The first-order valence-electron chi connectivity index (χ1n) is 9.27. The van der Waals surface area contributed by atoms with Crippen LogP contribution in [0, 0.1) is 6.92 Å². The zero-order chi connectivity index (χ0) is 20.6. The molecule has 6 heteroatoms. The van der Waals surface area contributed by atoms with Crippen molar-refractivity contribution in [2.24, 2.45) is 0 Å². The van der Waals surface area contributed by atoms with E-state index in [4.69, 9.17) is 4.74 Å². The number of aromatic nitrogens is 2. The molecule has 148 valence electrons. The Hall–Kier alpha value is -3.67. The Bertz CT molecular complexity index is 1010. The molecular weight excluding hydrogens is 366 g/mol. The first-order chi connectivity index (χ1) is 14.1. The van der Waals surface area contributed by atoms with E-state index in [-0.39, 0.29) is 5.91 Å². The molecule has 1 amide bonds. The number of rotatable bonds is 8. The number of aryl methyl sites for hydroxylation is 1. The van der Waals surface area contributed by atoms with Crippen LogP contribution in [0.25, 0.3) is 11.8 Å². The average molecular weight is 389 g/mol. The highest BCUT2D eigenvalue weighted by Crippen LogP contribution is 2.19. The van der Waals surface area contributed by atoms with Gasteiger partial charge in [0.25, 0.3) is 0 Å². The third kappa shape index (κ3) is 5.42. The van der Waals surface area contributed by atoms with Gasteiger partial charge in [-0.15, -0.1) is 0 Å². The third-order valence-corrected chi connectivity index (χ3v) is 4.34. The Balaban J connectivity index is 1.67. The first kappa shape index (κ1) is 20.1. The minimum absolute atomic E-state index is 0.320. The quantitative estimate of drug-likeness (QED) is 0.475. The summed E-state index contributed by atoms with van der Waals surface area (Å²) in [5, 5.41) is 2.72. The number of hydrogen-bond donors (Lipinski definition) is 1. The van der Waals surface area contributed by atoms with E-state index in [0.29, 0.717) is 12.4 Å². The van der Waals surface area contributed by atoms with Crippen LogP contribution < -0.4 is 10.1 Å². The normalized spacial score (nSPS) is 11.9. The van der Waals surface area contributed by atoms with Crippen molar-refractivity contribution >= 4 is 18.3 Å². The third-order valence-electron chi connectivity index (χ3n) is 4.34. The Morgan fingerprint density at radius 3 is 2.72 bits per heavy atom. The van der Waals surface area contributed by atoms with Gasteiger partial charge in [0.2, 0.25) is 5.91 Å². The number of nitrogens with one attached hydrogen (secondary N) is 1. The van der Waals surface area contributed by atoms with Crippen molar-refractivity contribution in [1.29, 1.82) is 0 Å². The van der Waals surface area contributed by atoms with E-state index in [1.807, 2.05) is 72.3 Å². The fourth-order valence-corrected chi connectivity index (χ4v) is 2.99. The zero-order valence-corrected chi connectivity index (χ0v) is 16.4. The predicted octanol–water partition coefficient (Wildman–Crippen LogP) is 3.13. The van der Waals surface area contributed by atoms with Crippen molar-refractivity contribution in [3.8, 4) is 11.7 Å². The van der Waals surface area contributed by atoms with Crippen LogP contribution >= 0.6 is 0 Å². The minimum atomic E-state index is -0.570. The van der Waals surface area contributed by atoms with Gasteiger partial charge in [0.15, 0.2) is 0 Å². The molecule has 1 aromatic heterocycles. The molecule has 29 heavy (non-hydrogen) atoms. The minimum Gasteiger partial charge on any atom is -0.468 e. The van der Waals surface area contributed by atoms with Gasteiger partial charge >= 0.3 is 6.01 Å². The second-order valence-corrected chi connectivity index (χ2v) is 6.61. The number of carbonyl (C=O) groups excluding carboxylic acids is 2. The number of benzene rings is 2. The number of hydrogen-bond acceptors (Lipinski definition) is 4. The van der Waals surface area contributed by atoms with Crippen LogP contribution in [0.2, 0.25) is 0 Å². The molecule has 0 unspecified atom stereocenters. The molecule has 3 aromatic rings. The lowest BCUT2D eigenvalue weighted by Gasteiger charge is -2.11. The molecule has 0 bridgehead atoms. The monoisotopic (exact) mass is 389 g/mol. The van der Waals surface area contributed by atoms with Gasteiger partial charge in [-0.1, -0.05) is 42.5 Å². The first-order valence-corrected chi connectivity index (χ1v) is 9.27. The molecule has 1 heterocycles. The summed E-state index contributed by atoms with van der Waals surface area (Å²) < 4.78 is 7.14. The highest BCUT2D eigenvalue weighted by Gasteiger charge is 2.11. The summed E-state index contributed by atoms with van der Waals surface area (Å²) in [5.74, 6) is -0.320. The largest absolute Gasteiger partial charge is 0.468 e. The van der Waals surface area contributed by atoms with Gasteiger partial charge in [0.1, 0.15) is 6.29 Å². The second-order valence-electron chi connectivity index (χ2n) is 6.61. The molecule has 0 aliphatic heterocycles. The van der Waals surface area contributed by atoms with Crippen LogP contribution in [0.4, 0.5) is 0 Å². The number of ether oxygens (including phenoxy) is 1. The molecule has 0 saturated heterocycles. The van der Waals surface area contributed by atoms with Gasteiger partial charge in [-0.05, 0) is 42.7 Å². The van der Waals surface area contributed by atoms with Crippen LogP contribution in [-0.2, 0) is 16.0 Å². The van der Waals surface area contributed by atoms with Crippen molar-refractivity contribution < 1.29 is 14.3 Å². The molecule has 6 nitrogen and oxygen atoms in total. The predicted molar refractivity (Wildman–Crippen MR) is 112 cm³/mol. The Kier molecular flexibility index (Phi) is 6.58. The standard InChI is InChI=1S/C23H23N3O3/c1-17-15-26(23(24-17)29-2)21-10-6-9-19(14-21)11-12-22(28)25-20(16-27)13-18-7-4-3-5-8-18/h3-12,14-16,20H,13H2,1-2H3,(H,25,28)/b12-11+/t20-/m1/s1. The van der Waals surface area contributed by atoms with Crippen molar-refractivity contribution in [1.82, 2.24) is 14.9 Å². The molecule has 0 spiro atoms. The van der Waals surface area contributed by atoms with E-state index in [1.165, 1.54) is 6.08 Å². The molecular formula is C23H23N3O3. The number of amides is 1. The molecule has 0 fully saturated rings.